The van der Waals surface area contributed by atoms with E-state index in [9.17, 15) is 0 Å². The van der Waals surface area contributed by atoms with Gasteiger partial charge in [-0.25, -0.2) is 0 Å². The summed E-state index contributed by atoms with van der Waals surface area (Å²) in [5, 5.41) is 3.32. The predicted octanol–water partition coefficient (Wildman–Crippen LogP) is 4.51. The summed E-state index contributed by atoms with van der Waals surface area (Å²) in [6.45, 7) is 2.99. The zero-order valence-electron chi connectivity index (χ0n) is 13.0. The van der Waals surface area contributed by atoms with Crippen molar-refractivity contribution in [2.45, 2.75) is 32.2 Å². The molecule has 0 bridgehead atoms. The molecule has 2 rings (SSSR count). The first-order valence-corrected chi connectivity index (χ1v) is 7.79. The Morgan fingerprint density at radius 3 is 2.24 bits per heavy atom. The zero-order valence-corrected chi connectivity index (χ0v) is 13.0. The number of benzene rings is 2. The van der Waals surface area contributed by atoms with Crippen LogP contribution < -0.4 is 10.1 Å². The second kappa shape index (κ2) is 8.48. The van der Waals surface area contributed by atoms with Crippen LogP contribution in [0.15, 0.2) is 54.6 Å². The molecule has 21 heavy (non-hydrogen) atoms. The fourth-order valence-electron chi connectivity index (χ4n) is 2.45. The van der Waals surface area contributed by atoms with Gasteiger partial charge in [-0.1, -0.05) is 49.4 Å². The van der Waals surface area contributed by atoms with E-state index in [2.05, 4.69) is 60.8 Å². The van der Waals surface area contributed by atoms with Crippen LogP contribution in [0.25, 0.3) is 11.1 Å². The molecule has 0 saturated heterocycles. The molecule has 0 aliphatic rings. The Balaban J connectivity index is 1.80. The number of rotatable bonds is 8. The van der Waals surface area contributed by atoms with Gasteiger partial charge in [-0.3, -0.25) is 0 Å². The molecule has 2 aromatic carbocycles. The van der Waals surface area contributed by atoms with Crippen molar-refractivity contribution in [3.8, 4) is 16.9 Å². The molecule has 0 aliphatic carbocycles. The van der Waals surface area contributed by atoms with Crippen LogP contribution in [0.1, 0.15) is 26.2 Å². The molecule has 0 fully saturated rings. The molecular formula is C19H25NO. The van der Waals surface area contributed by atoms with Crippen molar-refractivity contribution in [3.63, 3.8) is 0 Å². The molecule has 0 aromatic heterocycles. The third-order valence-electron chi connectivity index (χ3n) is 3.83. The van der Waals surface area contributed by atoms with E-state index < -0.39 is 0 Å². The van der Waals surface area contributed by atoms with Crippen LogP contribution in [-0.4, -0.2) is 19.7 Å². The summed E-state index contributed by atoms with van der Waals surface area (Å²) in [6, 6.07) is 19.4. The minimum Gasteiger partial charge on any atom is -0.494 e. The van der Waals surface area contributed by atoms with Crippen molar-refractivity contribution in [2.75, 3.05) is 13.7 Å². The van der Waals surface area contributed by atoms with E-state index in [1.807, 2.05) is 13.1 Å². The van der Waals surface area contributed by atoms with Crippen LogP contribution in [0.4, 0.5) is 0 Å². The van der Waals surface area contributed by atoms with Crippen molar-refractivity contribution in [2.24, 2.45) is 0 Å². The monoisotopic (exact) mass is 283 g/mol. The van der Waals surface area contributed by atoms with Crippen LogP contribution >= 0.6 is 0 Å². The van der Waals surface area contributed by atoms with Crippen molar-refractivity contribution in [3.05, 3.63) is 54.6 Å². The molecule has 0 spiro atoms. The fraction of sp³-hybridized carbons (Fsp3) is 0.368. The molecule has 2 heteroatoms. The van der Waals surface area contributed by atoms with Crippen LogP contribution in [0.5, 0.6) is 5.75 Å². The van der Waals surface area contributed by atoms with Gasteiger partial charge in [0, 0.05) is 6.04 Å². The molecule has 0 amide bonds. The van der Waals surface area contributed by atoms with Crippen LogP contribution in [0.2, 0.25) is 0 Å². The third-order valence-corrected chi connectivity index (χ3v) is 3.83. The van der Waals surface area contributed by atoms with Gasteiger partial charge in [0.2, 0.25) is 0 Å². The smallest absolute Gasteiger partial charge is 0.119 e. The second-order valence-electron chi connectivity index (χ2n) is 5.27. The Morgan fingerprint density at radius 2 is 1.62 bits per heavy atom. The summed E-state index contributed by atoms with van der Waals surface area (Å²) in [5.74, 6) is 0.951. The highest BCUT2D eigenvalue weighted by Crippen LogP contribution is 2.22. The van der Waals surface area contributed by atoms with Gasteiger partial charge in [0.1, 0.15) is 5.75 Å². The van der Waals surface area contributed by atoms with E-state index in [4.69, 9.17) is 4.74 Å². The van der Waals surface area contributed by atoms with Crippen molar-refractivity contribution in [1.82, 2.24) is 5.32 Å². The Hall–Kier alpha value is -1.80. The topological polar surface area (TPSA) is 21.3 Å². The first kappa shape index (κ1) is 15.6. The summed E-state index contributed by atoms with van der Waals surface area (Å²) in [6.07, 6.45) is 3.41. The first-order chi connectivity index (χ1) is 10.3. The van der Waals surface area contributed by atoms with E-state index >= 15 is 0 Å². The number of nitrogens with one attached hydrogen (secondary N) is 1. The van der Waals surface area contributed by atoms with E-state index in [-0.39, 0.29) is 0 Å². The maximum atomic E-state index is 5.81. The van der Waals surface area contributed by atoms with Crippen LogP contribution in [0, 0.1) is 0 Å². The lowest BCUT2D eigenvalue weighted by Gasteiger charge is -2.13. The lowest BCUT2D eigenvalue weighted by Crippen LogP contribution is -2.24. The average molecular weight is 283 g/mol. The van der Waals surface area contributed by atoms with E-state index in [1.165, 1.54) is 17.5 Å². The summed E-state index contributed by atoms with van der Waals surface area (Å²) < 4.78 is 5.81. The number of hydrogen-bond donors (Lipinski definition) is 1. The van der Waals surface area contributed by atoms with Crippen molar-refractivity contribution < 1.29 is 4.74 Å². The van der Waals surface area contributed by atoms with Crippen molar-refractivity contribution in [1.29, 1.82) is 0 Å². The van der Waals surface area contributed by atoms with Gasteiger partial charge in [-0.2, -0.15) is 0 Å². The zero-order chi connectivity index (χ0) is 14.9. The summed E-state index contributed by atoms with van der Waals surface area (Å²) in [7, 11) is 2.03. The molecular weight excluding hydrogens is 258 g/mol. The fourth-order valence-corrected chi connectivity index (χ4v) is 2.45. The molecule has 112 valence electrons. The molecule has 2 aromatic rings. The summed E-state index contributed by atoms with van der Waals surface area (Å²) in [4.78, 5) is 0. The molecule has 0 aliphatic heterocycles. The van der Waals surface area contributed by atoms with Gasteiger partial charge in [-0.15, -0.1) is 0 Å². The molecule has 0 radical (unpaired) electrons. The normalized spacial score (nSPS) is 12.1. The van der Waals surface area contributed by atoms with E-state index in [0.29, 0.717) is 6.04 Å². The maximum Gasteiger partial charge on any atom is 0.119 e. The van der Waals surface area contributed by atoms with Crippen molar-refractivity contribution >= 4 is 0 Å². The highest BCUT2D eigenvalue weighted by Gasteiger charge is 2.02. The van der Waals surface area contributed by atoms with Gasteiger partial charge in [-0.05, 0) is 49.6 Å². The third kappa shape index (κ3) is 4.91. The minimum absolute atomic E-state index is 0.606. The van der Waals surface area contributed by atoms with Gasteiger partial charge in [0.25, 0.3) is 0 Å². The maximum absolute atomic E-state index is 5.81. The Labute approximate surface area is 128 Å². The molecule has 0 saturated carbocycles. The predicted molar refractivity (Wildman–Crippen MR) is 89.7 cm³/mol. The Morgan fingerprint density at radius 1 is 0.952 bits per heavy atom. The van der Waals surface area contributed by atoms with Crippen LogP contribution in [-0.2, 0) is 0 Å². The van der Waals surface area contributed by atoms with Gasteiger partial charge in [0.05, 0.1) is 6.61 Å². The first-order valence-electron chi connectivity index (χ1n) is 7.79. The van der Waals surface area contributed by atoms with E-state index in [0.717, 1.165) is 25.2 Å². The van der Waals surface area contributed by atoms with Gasteiger partial charge < -0.3 is 10.1 Å². The lowest BCUT2D eigenvalue weighted by molar-refractivity contribution is 0.296. The van der Waals surface area contributed by atoms with Crippen LogP contribution in [0.3, 0.4) is 0 Å². The molecule has 2 nitrogen and oxygen atoms in total. The Kier molecular flexibility index (Phi) is 6.29. The SMILES string of the molecule is CCC(CCCOc1ccc(-c2ccccc2)cc1)NC. The average Bonchev–Trinajstić information content (AvgIpc) is 2.56. The quantitative estimate of drug-likeness (QED) is 0.720. The molecule has 0 heterocycles. The standard InChI is InChI=1S/C19H25NO/c1-3-18(20-2)10-7-15-21-19-13-11-17(12-14-19)16-8-5-4-6-9-16/h4-6,8-9,11-14,18,20H,3,7,10,15H2,1-2H3. The summed E-state index contributed by atoms with van der Waals surface area (Å²) in [5.41, 5.74) is 2.47. The summed E-state index contributed by atoms with van der Waals surface area (Å²) >= 11 is 0. The van der Waals surface area contributed by atoms with Gasteiger partial charge >= 0.3 is 0 Å². The highest BCUT2D eigenvalue weighted by molar-refractivity contribution is 5.63. The second-order valence-corrected chi connectivity index (χ2v) is 5.27. The molecule has 1 atom stereocenters. The van der Waals surface area contributed by atoms with Gasteiger partial charge in [0.15, 0.2) is 0 Å². The Bertz CT molecular complexity index is 503. The molecule has 1 unspecified atom stereocenters. The highest BCUT2D eigenvalue weighted by atomic mass is 16.5. The lowest BCUT2D eigenvalue weighted by atomic mass is 10.1. The largest absolute Gasteiger partial charge is 0.494 e. The number of hydrogen-bond acceptors (Lipinski definition) is 2. The minimum atomic E-state index is 0.606. The molecule has 1 N–H and O–H groups in total. The number of ether oxygens (including phenoxy) is 1. The van der Waals surface area contributed by atoms with E-state index in [1.54, 1.807) is 0 Å².